The van der Waals surface area contributed by atoms with Crippen molar-refractivity contribution >= 4 is 21.5 Å². The minimum Gasteiger partial charge on any atom is -0.359 e. The number of benzene rings is 1. The highest BCUT2D eigenvalue weighted by Crippen LogP contribution is 2.19. The second-order valence-corrected chi connectivity index (χ2v) is 6.63. The Labute approximate surface area is 138 Å². The standard InChI is InChI=1S/C15H14F2N4O2S/c1-21(6-2-5-18)15-4-3-14(10-19-15)24(22,23)20-13-8-11(16)7-12(17)9-13/h3-4,7-10,20H,2,6H2,1H3. The van der Waals surface area contributed by atoms with Gasteiger partial charge in [0, 0.05) is 25.9 Å². The Bertz CT molecular complexity index is 844. The molecule has 2 aromatic rings. The highest BCUT2D eigenvalue weighted by molar-refractivity contribution is 7.92. The van der Waals surface area contributed by atoms with Gasteiger partial charge < -0.3 is 4.90 Å². The number of halogens is 2. The average Bonchev–Trinajstić information content (AvgIpc) is 2.51. The van der Waals surface area contributed by atoms with Gasteiger partial charge in [-0.1, -0.05) is 0 Å². The quantitative estimate of drug-likeness (QED) is 0.863. The number of hydrogen-bond donors (Lipinski definition) is 1. The summed E-state index contributed by atoms with van der Waals surface area (Å²) >= 11 is 0. The molecule has 0 saturated heterocycles. The molecule has 1 aromatic carbocycles. The van der Waals surface area contributed by atoms with E-state index in [0.29, 0.717) is 24.8 Å². The molecule has 2 rings (SSSR count). The highest BCUT2D eigenvalue weighted by atomic mass is 32.2. The van der Waals surface area contributed by atoms with Crippen LogP contribution >= 0.6 is 0 Å². The van der Waals surface area contributed by atoms with Crippen molar-refractivity contribution in [1.29, 1.82) is 5.26 Å². The van der Waals surface area contributed by atoms with E-state index in [0.717, 1.165) is 18.3 Å². The molecule has 1 N–H and O–H groups in total. The van der Waals surface area contributed by atoms with Crippen molar-refractivity contribution in [3.05, 3.63) is 48.2 Å². The number of nitriles is 1. The molecule has 0 aliphatic rings. The monoisotopic (exact) mass is 352 g/mol. The molecule has 0 spiro atoms. The molecule has 6 nitrogen and oxygen atoms in total. The largest absolute Gasteiger partial charge is 0.359 e. The van der Waals surface area contributed by atoms with Crippen molar-refractivity contribution in [3.63, 3.8) is 0 Å². The van der Waals surface area contributed by atoms with E-state index in [2.05, 4.69) is 9.71 Å². The summed E-state index contributed by atoms with van der Waals surface area (Å²) in [6.07, 6.45) is 1.45. The van der Waals surface area contributed by atoms with Gasteiger partial charge >= 0.3 is 0 Å². The van der Waals surface area contributed by atoms with Crippen LogP contribution in [0, 0.1) is 23.0 Å². The van der Waals surface area contributed by atoms with Crippen LogP contribution in [-0.2, 0) is 10.0 Å². The van der Waals surface area contributed by atoms with Crippen LogP contribution in [0.4, 0.5) is 20.3 Å². The minimum atomic E-state index is -4.02. The fraction of sp³-hybridized carbons (Fsp3) is 0.200. The summed E-state index contributed by atoms with van der Waals surface area (Å²) in [5.74, 6) is -1.28. The molecule has 0 radical (unpaired) electrons. The average molecular weight is 352 g/mol. The molecule has 0 bridgehead atoms. The van der Waals surface area contributed by atoms with Gasteiger partial charge in [0.1, 0.15) is 22.3 Å². The third-order valence-corrected chi connectivity index (χ3v) is 4.46. The van der Waals surface area contributed by atoms with E-state index in [-0.39, 0.29) is 10.6 Å². The lowest BCUT2D eigenvalue weighted by atomic mass is 10.3. The number of nitrogens with one attached hydrogen (secondary N) is 1. The summed E-state index contributed by atoms with van der Waals surface area (Å²) in [5, 5.41) is 8.55. The maximum Gasteiger partial charge on any atom is 0.263 e. The molecule has 1 aromatic heterocycles. The number of anilines is 2. The maximum atomic E-state index is 13.1. The lowest BCUT2D eigenvalue weighted by Crippen LogP contribution is -2.20. The number of rotatable bonds is 6. The Hall–Kier alpha value is -2.73. The third-order valence-electron chi connectivity index (χ3n) is 3.10. The van der Waals surface area contributed by atoms with Gasteiger partial charge in [-0.3, -0.25) is 4.72 Å². The van der Waals surface area contributed by atoms with E-state index < -0.39 is 21.7 Å². The van der Waals surface area contributed by atoms with Crippen molar-refractivity contribution < 1.29 is 17.2 Å². The van der Waals surface area contributed by atoms with Crippen LogP contribution in [0.1, 0.15) is 6.42 Å². The van der Waals surface area contributed by atoms with Gasteiger partial charge in [-0.2, -0.15) is 5.26 Å². The molecule has 0 fully saturated rings. The zero-order valence-corrected chi connectivity index (χ0v) is 13.5. The van der Waals surface area contributed by atoms with E-state index in [4.69, 9.17) is 5.26 Å². The fourth-order valence-corrected chi connectivity index (χ4v) is 2.90. The summed E-state index contributed by atoms with van der Waals surface area (Å²) in [4.78, 5) is 5.58. The molecule has 0 atom stereocenters. The van der Waals surface area contributed by atoms with Crippen LogP contribution in [0.2, 0.25) is 0 Å². The number of hydrogen-bond acceptors (Lipinski definition) is 5. The predicted octanol–water partition coefficient (Wildman–Crippen LogP) is 2.51. The van der Waals surface area contributed by atoms with E-state index >= 15 is 0 Å². The smallest absolute Gasteiger partial charge is 0.263 e. The molecular formula is C15H14F2N4O2S. The van der Waals surface area contributed by atoms with Crippen LogP contribution in [0.3, 0.4) is 0 Å². The Morgan fingerprint density at radius 3 is 2.46 bits per heavy atom. The van der Waals surface area contributed by atoms with Crippen LogP contribution in [-0.4, -0.2) is 27.0 Å². The summed E-state index contributed by atoms with van der Waals surface area (Å²) in [6.45, 7) is 0.455. The lowest BCUT2D eigenvalue weighted by Gasteiger charge is -2.16. The van der Waals surface area contributed by atoms with Gasteiger partial charge in [-0.25, -0.2) is 22.2 Å². The minimum absolute atomic E-state index is 0.149. The second-order valence-electron chi connectivity index (χ2n) is 4.95. The van der Waals surface area contributed by atoms with E-state index in [1.54, 1.807) is 11.9 Å². The van der Waals surface area contributed by atoms with Crippen LogP contribution in [0.5, 0.6) is 0 Å². The molecular weight excluding hydrogens is 338 g/mol. The SMILES string of the molecule is CN(CCC#N)c1ccc(S(=O)(=O)Nc2cc(F)cc(F)c2)cn1. The molecule has 0 unspecified atom stereocenters. The van der Waals surface area contributed by atoms with Crippen molar-refractivity contribution in [3.8, 4) is 6.07 Å². The number of pyridine rings is 1. The Morgan fingerprint density at radius 2 is 1.92 bits per heavy atom. The van der Waals surface area contributed by atoms with Crippen LogP contribution in [0.15, 0.2) is 41.4 Å². The molecule has 0 aliphatic carbocycles. The van der Waals surface area contributed by atoms with Crippen molar-refractivity contribution in [2.24, 2.45) is 0 Å². The van der Waals surface area contributed by atoms with Crippen LogP contribution in [0.25, 0.3) is 0 Å². The first kappa shape index (κ1) is 17.6. The van der Waals surface area contributed by atoms with E-state index in [1.807, 2.05) is 6.07 Å². The number of aromatic nitrogens is 1. The van der Waals surface area contributed by atoms with Gasteiger partial charge in [0.25, 0.3) is 10.0 Å². The maximum absolute atomic E-state index is 13.1. The number of nitrogens with zero attached hydrogens (tertiary/aromatic N) is 3. The summed E-state index contributed by atoms with van der Waals surface area (Å²) in [6, 6.07) is 7.20. The molecule has 0 amide bonds. The molecule has 1 heterocycles. The third kappa shape index (κ3) is 4.39. The summed E-state index contributed by atoms with van der Waals surface area (Å²) in [7, 11) is -2.30. The van der Waals surface area contributed by atoms with Gasteiger partial charge in [-0.15, -0.1) is 0 Å². The molecule has 0 aliphatic heterocycles. The van der Waals surface area contributed by atoms with Gasteiger partial charge in [0.05, 0.1) is 18.2 Å². The van der Waals surface area contributed by atoms with Gasteiger partial charge in [0.2, 0.25) is 0 Å². The van der Waals surface area contributed by atoms with Gasteiger partial charge in [0.15, 0.2) is 0 Å². The molecule has 24 heavy (non-hydrogen) atoms. The first-order chi connectivity index (χ1) is 11.3. The van der Waals surface area contributed by atoms with Gasteiger partial charge in [-0.05, 0) is 24.3 Å². The van der Waals surface area contributed by atoms with Crippen molar-refractivity contribution in [2.45, 2.75) is 11.3 Å². The Kier molecular flexibility index (Phi) is 5.31. The fourth-order valence-electron chi connectivity index (χ4n) is 1.92. The van der Waals surface area contributed by atoms with E-state index in [1.165, 1.54) is 12.1 Å². The lowest BCUT2D eigenvalue weighted by molar-refractivity contribution is 0.584. The molecule has 126 valence electrons. The first-order valence-corrected chi connectivity index (χ1v) is 8.33. The highest BCUT2D eigenvalue weighted by Gasteiger charge is 2.16. The van der Waals surface area contributed by atoms with Crippen LogP contribution < -0.4 is 9.62 Å². The topological polar surface area (TPSA) is 86.1 Å². The second kappa shape index (κ2) is 7.23. The predicted molar refractivity (Wildman–Crippen MR) is 84.9 cm³/mol. The van der Waals surface area contributed by atoms with Crippen molar-refractivity contribution in [2.75, 3.05) is 23.2 Å². The Balaban J connectivity index is 2.19. The van der Waals surface area contributed by atoms with Crippen molar-refractivity contribution in [1.82, 2.24) is 4.98 Å². The molecule has 0 saturated carbocycles. The first-order valence-electron chi connectivity index (χ1n) is 6.85. The number of sulfonamides is 1. The zero-order valence-electron chi connectivity index (χ0n) is 12.7. The summed E-state index contributed by atoms with van der Waals surface area (Å²) < 4.78 is 52.8. The zero-order chi connectivity index (χ0) is 17.7. The van der Waals surface area contributed by atoms with E-state index in [9.17, 15) is 17.2 Å². The summed E-state index contributed by atoms with van der Waals surface area (Å²) in [5.41, 5.74) is -0.220. The normalized spacial score (nSPS) is 10.9. The molecule has 9 heteroatoms. The Morgan fingerprint density at radius 1 is 1.25 bits per heavy atom.